The van der Waals surface area contributed by atoms with Gasteiger partial charge < -0.3 is 15.0 Å². The lowest BCUT2D eigenvalue weighted by molar-refractivity contribution is -0.111. The maximum absolute atomic E-state index is 10.3. The van der Waals surface area contributed by atoms with Crippen molar-refractivity contribution in [1.29, 1.82) is 0 Å². The van der Waals surface area contributed by atoms with Gasteiger partial charge in [0.05, 0.1) is 0 Å². The van der Waals surface area contributed by atoms with Crippen molar-refractivity contribution in [2.75, 3.05) is 0 Å². The summed E-state index contributed by atoms with van der Waals surface area (Å²) in [5.41, 5.74) is 0. The maximum atomic E-state index is 10.3. The van der Waals surface area contributed by atoms with Crippen molar-refractivity contribution >= 4 is 6.29 Å². The molecule has 0 aromatic carbocycles. The smallest absolute Gasteiger partial charge is 0.193 e. The highest BCUT2D eigenvalue weighted by atomic mass is 16.3. The SMILES string of the molecule is CC(C=O)Cn1c(O)ccc1O. The fourth-order valence-electron chi connectivity index (χ4n) is 0.964. The Hall–Kier alpha value is -1.45. The molecule has 0 fully saturated rings. The molecular weight excluding hydrogens is 158 g/mol. The largest absolute Gasteiger partial charge is 0.494 e. The van der Waals surface area contributed by atoms with Crippen LogP contribution in [0.5, 0.6) is 11.8 Å². The lowest BCUT2D eigenvalue weighted by Gasteiger charge is -2.07. The number of aromatic nitrogens is 1. The molecule has 12 heavy (non-hydrogen) atoms. The monoisotopic (exact) mass is 169 g/mol. The molecule has 0 amide bonds. The Bertz CT molecular complexity index is 260. The van der Waals surface area contributed by atoms with Crippen molar-refractivity contribution in [3.05, 3.63) is 12.1 Å². The van der Waals surface area contributed by atoms with E-state index in [0.29, 0.717) is 6.54 Å². The van der Waals surface area contributed by atoms with E-state index in [9.17, 15) is 4.79 Å². The first-order valence-corrected chi connectivity index (χ1v) is 3.68. The highest BCUT2D eigenvalue weighted by Gasteiger charge is 2.08. The van der Waals surface area contributed by atoms with Crippen LogP contribution in [0.15, 0.2) is 12.1 Å². The summed E-state index contributed by atoms with van der Waals surface area (Å²) in [7, 11) is 0. The van der Waals surface area contributed by atoms with E-state index in [1.807, 2.05) is 0 Å². The summed E-state index contributed by atoms with van der Waals surface area (Å²) in [6.07, 6.45) is 0.777. The molecule has 0 aliphatic rings. The summed E-state index contributed by atoms with van der Waals surface area (Å²) < 4.78 is 1.28. The number of carbonyl (C=O) groups excluding carboxylic acids is 1. The molecule has 0 bridgehead atoms. The minimum absolute atomic E-state index is 0.0267. The zero-order valence-corrected chi connectivity index (χ0v) is 6.77. The van der Waals surface area contributed by atoms with Crippen molar-refractivity contribution in [2.45, 2.75) is 13.5 Å². The number of carbonyl (C=O) groups is 1. The topological polar surface area (TPSA) is 62.5 Å². The van der Waals surface area contributed by atoms with E-state index >= 15 is 0 Å². The Morgan fingerprint density at radius 3 is 2.42 bits per heavy atom. The van der Waals surface area contributed by atoms with Crippen molar-refractivity contribution in [3.63, 3.8) is 0 Å². The fraction of sp³-hybridized carbons (Fsp3) is 0.375. The average Bonchev–Trinajstić information content (AvgIpc) is 2.35. The van der Waals surface area contributed by atoms with Crippen LogP contribution < -0.4 is 0 Å². The van der Waals surface area contributed by atoms with Gasteiger partial charge >= 0.3 is 0 Å². The number of rotatable bonds is 3. The molecule has 1 unspecified atom stereocenters. The van der Waals surface area contributed by atoms with E-state index in [2.05, 4.69) is 0 Å². The Labute approximate surface area is 70.1 Å². The second kappa shape index (κ2) is 3.30. The van der Waals surface area contributed by atoms with Gasteiger partial charge in [-0.25, -0.2) is 0 Å². The Balaban J connectivity index is 2.80. The number of hydrogen-bond donors (Lipinski definition) is 2. The number of hydrogen-bond acceptors (Lipinski definition) is 3. The van der Waals surface area contributed by atoms with Crippen LogP contribution in [0.1, 0.15) is 6.92 Å². The molecule has 4 nitrogen and oxygen atoms in total. The van der Waals surface area contributed by atoms with Crippen LogP contribution in [-0.4, -0.2) is 21.1 Å². The molecule has 2 N–H and O–H groups in total. The van der Waals surface area contributed by atoms with Gasteiger partial charge in [0.25, 0.3) is 0 Å². The maximum Gasteiger partial charge on any atom is 0.193 e. The minimum atomic E-state index is -0.214. The molecule has 1 aromatic heterocycles. The van der Waals surface area contributed by atoms with E-state index in [0.717, 1.165) is 6.29 Å². The lowest BCUT2D eigenvalue weighted by Crippen LogP contribution is -2.07. The molecule has 0 aliphatic carbocycles. The molecule has 4 heteroatoms. The summed E-state index contributed by atoms with van der Waals surface area (Å²) in [4.78, 5) is 10.3. The van der Waals surface area contributed by atoms with E-state index < -0.39 is 0 Å². The predicted octanol–water partition coefficient (Wildman–Crippen LogP) is 0.734. The van der Waals surface area contributed by atoms with Gasteiger partial charge in [-0.15, -0.1) is 0 Å². The molecule has 66 valence electrons. The second-order valence-electron chi connectivity index (χ2n) is 2.77. The van der Waals surface area contributed by atoms with Crippen LogP contribution in [0.2, 0.25) is 0 Å². The van der Waals surface area contributed by atoms with Crippen LogP contribution in [0, 0.1) is 5.92 Å². The number of nitrogens with zero attached hydrogens (tertiary/aromatic N) is 1. The van der Waals surface area contributed by atoms with Gasteiger partial charge in [0.1, 0.15) is 6.29 Å². The van der Waals surface area contributed by atoms with Gasteiger partial charge in [0, 0.05) is 24.6 Å². The molecule has 0 saturated carbocycles. The van der Waals surface area contributed by atoms with Crippen LogP contribution in [0.4, 0.5) is 0 Å². The second-order valence-corrected chi connectivity index (χ2v) is 2.77. The minimum Gasteiger partial charge on any atom is -0.494 e. The Morgan fingerprint density at radius 1 is 1.50 bits per heavy atom. The molecule has 1 rings (SSSR count). The molecule has 0 radical (unpaired) electrons. The first kappa shape index (κ1) is 8.64. The van der Waals surface area contributed by atoms with E-state index in [-0.39, 0.29) is 17.7 Å². The van der Waals surface area contributed by atoms with Gasteiger partial charge in [-0.3, -0.25) is 4.57 Å². The van der Waals surface area contributed by atoms with Crippen molar-refractivity contribution in [3.8, 4) is 11.8 Å². The predicted molar refractivity (Wildman–Crippen MR) is 43.0 cm³/mol. The lowest BCUT2D eigenvalue weighted by atomic mass is 10.2. The van der Waals surface area contributed by atoms with Gasteiger partial charge in [-0.1, -0.05) is 6.92 Å². The van der Waals surface area contributed by atoms with Gasteiger partial charge in [-0.2, -0.15) is 0 Å². The van der Waals surface area contributed by atoms with E-state index in [1.54, 1.807) is 6.92 Å². The third-order valence-corrected chi connectivity index (χ3v) is 1.64. The van der Waals surface area contributed by atoms with Crippen molar-refractivity contribution in [1.82, 2.24) is 4.57 Å². The Kier molecular flexibility index (Phi) is 2.38. The van der Waals surface area contributed by atoms with Crippen LogP contribution >= 0.6 is 0 Å². The summed E-state index contributed by atoms with van der Waals surface area (Å²) in [5.74, 6) is -0.267. The van der Waals surface area contributed by atoms with Gasteiger partial charge in [0.2, 0.25) is 0 Å². The standard InChI is InChI=1S/C8H11NO3/c1-6(5-10)4-9-7(11)2-3-8(9)12/h2-3,5-6,11-12H,4H2,1H3. The van der Waals surface area contributed by atoms with Crippen molar-refractivity contribution < 1.29 is 15.0 Å². The highest BCUT2D eigenvalue weighted by molar-refractivity contribution is 5.52. The number of aromatic hydroxyl groups is 2. The average molecular weight is 169 g/mol. The van der Waals surface area contributed by atoms with Crippen molar-refractivity contribution in [2.24, 2.45) is 5.92 Å². The summed E-state index contributed by atoms with van der Waals surface area (Å²) in [6.45, 7) is 2.01. The zero-order chi connectivity index (χ0) is 9.14. The fourth-order valence-corrected chi connectivity index (χ4v) is 0.964. The van der Waals surface area contributed by atoms with Crippen LogP contribution in [0.25, 0.3) is 0 Å². The molecule has 0 aliphatic heterocycles. The summed E-state index contributed by atoms with van der Waals surface area (Å²) >= 11 is 0. The third-order valence-electron chi connectivity index (χ3n) is 1.64. The quantitative estimate of drug-likeness (QED) is 0.656. The van der Waals surface area contributed by atoms with Gasteiger partial charge in [-0.05, 0) is 0 Å². The zero-order valence-electron chi connectivity index (χ0n) is 6.77. The summed E-state index contributed by atoms with van der Waals surface area (Å²) in [5, 5.41) is 18.3. The highest BCUT2D eigenvalue weighted by Crippen LogP contribution is 2.21. The van der Waals surface area contributed by atoms with E-state index in [1.165, 1.54) is 16.7 Å². The third kappa shape index (κ3) is 1.58. The molecule has 1 heterocycles. The van der Waals surface area contributed by atoms with Gasteiger partial charge in [0.15, 0.2) is 11.8 Å². The Morgan fingerprint density at radius 2 is 2.00 bits per heavy atom. The molecule has 0 saturated heterocycles. The van der Waals surface area contributed by atoms with Crippen LogP contribution in [-0.2, 0) is 11.3 Å². The molecular formula is C8H11NO3. The van der Waals surface area contributed by atoms with Crippen LogP contribution in [0.3, 0.4) is 0 Å². The normalized spacial score (nSPS) is 12.8. The molecule has 0 spiro atoms. The number of aldehydes is 1. The van der Waals surface area contributed by atoms with E-state index in [4.69, 9.17) is 10.2 Å². The first-order valence-electron chi connectivity index (χ1n) is 3.68. The summed E-state index contributed by atoms with van der Waals surface area (Å²) in [6, 6.07) is 2.76. The first-order chi connectivity index (χ1) is 5.65. The molecule has 1 atom stereocenters. The molecule has 1 aromatic rings.